The number of hydrogen-bond donors (Lipinski definition) is 0. The van der Waals surface area contributed by atoms with Gasteiger partial charge in [-0.2, -0.15) is 0 Å². The van der Waals surface area contributed by atoms with Crippen molar-refractivity contribution < 1.29 is 28.5 Å². The van der Waals surface area contributed by atoms with Crippen LogP contribution in [0, 0.1) is 5.92 Å². The minimum absolute atomic E-state index is 0.195. The van der Waals surface area contributed by atoms with Crippen molar-refractivity contribution in [2.24, 2.45) is 5.92 Å². The Labute approximate surface area is 139 Å². The van der Waals surface area contributed by atoms with Crippen molar-refractivity contribution in [3.63, 3.8) is 0 Å². The third kappa shape index (κ3) is 4.43. The lowest BCUT2D eigenvalue weighted by Gasteiger charge is -2.28. The maximum atomic E-state index is 11.9. The molecule has 2 rings (SSSR count). The molecule has 0 radical (unpaired) electrons. The van der Waals surface area contributed by atoms with Gasteiger partial charge in [-0.25, -0.2) is 4.79 Å². The maximum absolute atomic E-state index is 11.9. The van der Waals surface area contributed by atoms with E-state index in [0.717, 1.165) is 0 Å². The molecule has 1 saturated heterocycles. The highest BCUT2D eigenvalue weighted by atomic mass is 35.5. The van der Waals surface area contributed by atoms with E-state index in [9.17, 15) is 9.59 Å². The summed E-state index contributed by atoms with van der Waals surface area (Å²) in [6.07, 6.45) is -0.661. The second-order valence-corrected chi connectivity index (χ2v) is 5.31. The van der Waals surface area contributed by atoms with Crippen LogP contribution in [0.1, 0.15) is 36.1 Å². The van der Waals surface area contributed by atoms with Crippen LogP contribution in [-0.2, 0) is 23.7 Å². The highest BCUT2D eigenvalue weighted by Crippen LogP contribution is 2.29. The molecule has 1 aliphatic heterocycles. The van der Waals surface area contributed by atoms with Crippen LogP contribution in [0.3, 0.4) is 0 Å². The predicted molar refractivity (Wildman–Crippen MR) is 82.2 cm³/mol. The summed E-state index contributed by atoms with van der Waals surface area (Å²) in [6, 6.07) is 4.88. The maximum Gasteiger partial charge on any atom is 0.339 e. The van der Waals surface area contributed by atoms with Crippen molar-refractivity contribution in [3.05, 3.63) is 34.3 Å². The van der Waals surface area contributed by atoms with Crippen LogP contribution in [0.25, 0.3) is 0 Å². The number of carbonyl (C=O) groups is 2. The summed E-state index contributed by atoms with van der Waals surface area (Å²) in [5.41, 5.74) is 0.894. The molecule has 7 heteroatoms. The number of rotatable bonds is 5. The molecule has 0 spiro atoms. The Bertz CT molecular complexity index is 566. The van der Waals surface area contributed by atoms with Crippen LogP contribution < -0.4 is 0 Å². The van der Waals surface area contributed by atoms with Gasteiger partial charge in [0.15, 0.2) is 6.29 Å². The lowest BCUT2D eigenvalue weighted by molar-refractivity contribution is -0.213. The third-order valence-corrected chi connectivity index (χ3v) is 3.61. The van der Waals surface area contributed by atoms with Crippen LogP contribution in [0.15, 0.2) is 18.2 Å². The summed E-state index contributed by atoms with van der Waals surface area (Å²) in [5, 5.41) is 0.299. The van der Waals surface area contributed by atoms with E-state index in [4.69, 9.17) is 30.5 Å². The third-order valence-electron chi connectivity index (χ3n) is 3.28. The summed E-state index contributed by atoms with van der Waals surface area (Å²) in [4.78, 5) is 23.5. The van der Waals surface area contributed by atoms with Gasteiger partial charge in [0.25, 0.3) is 0 Å². The molecule has 0 bridgehead atoms. The van der Waals surface area contributed by atoms with Crippen LogP contribution in [0.4, 0.5) is 0 Å². The first-order valence-electron chi connectivity index (χ1n) is 7.43. The fraction of sp³-hybridized carbons (Fsp3) is 0.500. The second kappa shape index (κ2) is 8.29. The molecule has 1 fully saturated rings. The van der Waals surface area contributed by atoms with Gasteiger partial charge in [-0.05, 0) is 26.0 Å². The van der Waals surface area contributed by atoms with Gasteiger partial charge in [-0.1, -0.05) is 17.7 Å². The molecule has 0 aromatic heterocycles. The molecule has 23 heavy (non-hydrogen) atoms. The standard InChI is InChI=1S/C16H19ClO6/c1-3-20-14(18)11-8-22-16(23-9-11)10-5-6-13(17)12(7-10)15(19)21-4-2/h5-7,11,16H,3-4,8-9H2,1-2H3. The van der Waals surface area contributed by atoms with Gasteiger partial charge in [0.2, 0.25) is 0 Å². The van der Waals surface area contributed by atoms with Crippen molar-refractivity contribution >= 4 is 23.5 Å². The molecule has 1 aromatic rings. The van der Waals surface area contributed by atoms with Gasteiger partial charge >= 0.3 is 11.9 Å². The van der Waals surface area contributed by atoms with Crippen molar-refractivity contribution in [1.29, 1.82) is 0 Å². The molecule has 1 heterocycles. The lowest BCUT2D eigenvalue weighted by atomic mass is 10.1. The monoisotopic (exact) mass is 342 g/mol. The first kappa shape index (κ1) is 17.7. The molecule has 1 aromatic carbocycles. The van der Waals surface area contributed by atoms with E-state index in [1.807, 2.05) is 0 Å². The van der Waals surface area contributed by atoms with Crippen molar-refractivity contribution in [1.82, 2.24) is 0 Å². The normalized spacial score (nSPS) is 20.8. The Morgan fingerprint density at radius 3 is 2.43 bits per heavy atom. The fourth-order valence-electron chi connectivity index (χ4n) is 2.15. The number of esters is 2. The zero-order valence-corrected chi connectivity index (χ0v) is 13.8. The highest BCUT2D eigenvalue weighted by Gasteiger charge is 2.30. The summed E-state index contributed by atoms with van der Waals surface area (Å²) in [7, 11) is 0. The molecular weight excluding hydrogens is 324 g/mol. The predicted octanol–water partition coefficient (Wildman–Crippen LogP) is 2.74. The van der Waals surface area contributed by atoms with Crippen LogP contribution >= 0.6 is 11.6 Å². The lowest BCUT2D eigenvalue weighted by Crippen LogP contribution is -2.33. The van der Waals surface area contributed by atoms with E-state index < -0.39 is 18.2 Å². The van der Waals surface area contributed by atoms with Crippen molar-refractivity contribution in [3.8, 4) is 0 Å². The number of halogens is 1. The largest absolute Gasteiger partial charge is 0.466 e. The molecule has 0 unspecified atom stereocenters. The Kier molecular flexibility index (Phi) is 6.38. The molecule has 0 aliphatic carbocycles. The smallest absolute Gasteiger partial charge is 0.339 e. The van der Waals surface area contributed by atoms with Crippen LogP contribution in [0.2, 0.25) is 5.02 Å². The molecule has 6 nitrogen and oxygen atoms in total. The van der Waals surface area contributed by atoms with E-state index >= 15 is 0 Å². The van der Waals surface area contributed by atoms with Gasteiger partial charge in [-0.15, -0.1) is 0 Å². The Morgan fingerprint density at radius 1 is 1.17 bits per heavy atom. The average Bonchev–Trinajstić information content (AvgIpc) is 2.56. The topological polar surface area (TPSA) is 71.1 Å². The minimum Gasteiger partial charge on any atom is -0.466 e. The Hall–Kier alpha value is -1.63. The van der Waals surface area contributed by atoms with E-state index in [1.54, 1.807) is 32.0 Å². The minimum atomic E-state index is -0.661. The first-order valence-corrected chi connectivity index (χ1v) is 7.81. The van der Waals surface area contributed by atoms with Crippen molar-refractivity contribution in [2.75, 3.05) is 26.4 Å². The van der Waals surface area contributed by atoms with Gasteiger partial charge in [0.1, 0.15) is 5.92 Å². The SMILES string of the molecule is CCOC(=O)c1cc(C2OCC(C(=O)OCC)CO2)ccc1Cl. The van der Waals surface area contributed by atoms with Gasteiger partial charge < -0.3 is 18.9 Å². The number of carbonyl (C=O) groups excluding carboxylic acids is 2. The summed E-state index contributed by atoms with van der Waals surface area (Å²) >= 11 is 6.02. The van der Waals surface area contributed by atoms with Gasteiger partial charge in [-0.3, -0.25) is 4.79 Å². The second-order valence-electron chi connectivity index (χ2n) is 4.91. The number of hydrogen-bond acceptors (Lipinski definition) is 6. The highest BCUT2D eigenvalue weighted by molar-refractivity contribution is 6.33. The van der Waals surface area contributed by atoms with Gasteiger partial charge in [0, 0.05) is 5.56 Å². The quantitative estimate of drug-likeness (QED) is 0.766. The number of benzene rings is 1. The van der Waals surface area contributed by atoms with Crippen LogP contribution in [-0.4, -0.2) is 38.4 Å². The number of ether oxygens (including phenoxy) is 4. The Balaban J connectivity index is 2.05. The van der Waals surface area contributed by atoms with E-state index in [0.29, 0.717) is 17.2 Å². The molecular formula is C16H19ClO6. The zero-order valence-electron chi connectivity index (χ0n) is 13.0. The molecule has 0 N–H and O–H groups in total. The molecule has 0 saturated carbocycles. The molecule has 126 valence electrons. The summed E-state index contributed by atoms with van der Waals surface area (Å²) < 4.78 is 21.0. The van der Waals surface area contributed by atoms with E-state index in [-0.39, 0.29) is 31.4 Å². The van der Waals surface area contributed by atoms with Crippen LogP contribution in [0.5, 0.6) is 0 Å². The van der Waals surface area contributed by atoms with E-state index in [2.05, 4.69) is 0 Å². The zero-order chi connectivity index (χ0) is 16.8. The van der Waals surface area contributed by atoms with Crippen molar-refractivity contribution in [2.45, 2.75) is 20.1 Å². The first-order chi connectivity index (χ1) is 11.1. The molecule has 0 amide bonds. The summed E-state index contributed by atoms with van der Waals surface area (Å²) in [6.45, 7) is 4.44. The fourth-order valence-corrected chi connectivity index (χ4v) is 2.34. The van der Waals surface area contributed by atoms with Gasteiger partial charge in [0.05, 0.1) is 37.0 Å². The molecule has 0 atom stereocenters. The Morgan fingerprint density at radius 2 is 1.83 bits per heavy atom. The van der Waals surface area contributed by atoms with E-state index in [1.165, 1.54) is 0 Å². The molecule has 1 aliphatic rings. The average molecular weight is 343 g/mol. The summed E-state index contributed by atoms with van der Waals surface area (Å²) in [5.74, 6) is -1.28.